The second-order valence-electron chi connectivity index (χ2n) is 4.88. The molecule has 2 N–H and O–H groups in total. The first-order valence-electron chi connectivity index (χ1n) is 7.22. The molecule has 4 heteroatoms. The standard InChI is InChI=1S/C19H18N2O2/c1-15(22)20-17-11-13-18(14-12-17)21-19(23)10-6-5-9-16-7-3-2-4-8-16/h2-14H,1H3,(H,20,22)(H,21,23)/b9-5+,10-6+. The van der Waals surface area contributed by atoms with Gasteiger partial charge in [-0.15, -0.1) is 0 Å². The highest BCUT2D eigenvalue weighted by molar-refractivity contribution is 5.99. The van der Waals surface area contributed by atoms with Gasteiger partial charge >= 0.3 is 0 Å². The van der Waals surface area contributed by atoms with Crippen LogP contribution < -0.4 is 10.6 Å². The summed E-state index contributed by atoms with van der Waals surface area (Å²) in [5, 5.41) is 5.42. The van der Waals surface area contributed by atoms with Crippen LogP contribution in [0, 0.1) is 0 Å². The van der Waals surface area contributed by atoms with E-state index >= 15 is 0 Å². The summed E-state index contributed by atoms with van der Waals surface area (Å²) < 4.78 is 0. The number of allylic oxidation sites excluding steroid dienone is 2. The van der Waals surface area contributed by atoms with Gasteiger partial charge in [-0.1, -0.05) is 48.6 Å². The Balaban J connectivity index is 1.85. The fourth-order valence-electron chi connectivity index (χ4n) is 1.90. The number of hydrogen-bond acceptors (Lipinski definition) is 2. The van der Waals surface area contributed by atoms with Crippen molar-refractivity contribution >= 4 is 29.3 Å². The normalized spacial score (nSPS) is 10.8. The van der Waals surface area contributed by atoms with Crippen LogP contribution in [0.3, 0.4) is 0 Å². The number of hydrogen-bond donors (Lipinski definition) is 2. The second kappa shape index (κ2) is 8.34. The Morgan fingerprint density at radius 3 is 2.04 bits per heavy atom. The minimum atomic E-state index is -0.213. The van der Waals surface area contributed by atoms with Crippen molar-refractivity contribution in [3.05, 3.63) is 78.4 Å². The third-order valence-electron chi connectivity index (χ3n) is 2.92. The number of carbonyl (C=O) groups excluding carboxylic acids is 2. The Labute approximate surface area is 135 Å². The first-order chi connectivity index (χ1) is 11.1. The molecule has 0 fully saturated rings. The Hall–Kier alpha value is -3.14. The Morgan fingerprint density at radius 1 is 0.826 bits per heavy atom. The molecule has 116 valence electrons. The first-order valence-corrected chi connectivity index (χ1v) is 7.22. The molecular formula is C19H18N2O2. The number of carbonyl (C=O) groups is 2. The molecule has 0 spiro atoms. The van der Waals surface area contributed by atoms with Gasteiger partial charge < -0.3 is 10.6 Å². The van der Waals surface area contributed by atoms with Crippen molar-refractivity contribution in [1.82, 2.24) is 0 Å². The molecule has 0 saturated carbocycles. The zero-order chi connectivity index (χ0) is 16.5. The molecule has 2 amide bonds. The van der Waals surface area contributed by atoms with E-state index in [0.29, 0.717) is 11.4 Å². The molecule has 0 aliphatic carbocycles. The molecule has 4 nitrogen and oxygen atoms in total. The summed E-state index contributed by atoms with van der Waals surface area (Å²) in [5.74, 6) is -0.343. The zero-order valence-electron chi connectivity index (χ0n) is 12.8. The number of amides is 2. The molecule has 0 atom stereocenters. The van der Waals surface area contributed by atoms with Crippen LogP contribution in [-0.2, 0) is 9.59 Å². The summed E-state index contributed by atoms with van der Waals surface area (Å²) in [6.45, 7) is 1.45. The molecule has 2 rings (SSSR count). The molecule has 2 aromatic rings. The van der Waals surface area contributed by atoms with Crippen molar-refractivity contribution < 1.29 is 9.59 Å². The lowest BCUT2D eigenvalue weighted by Gasteiger charge is -2.04. The highest BCUT2D eigenvalue weighted by Gasteiger charge is 1.98. The molecular weight excluding hydrogens is 288 g/mol. The first kappa shape index (κ1) is 16.2. The lowest BCUT2D eigenvalue weighted by molar-refractivity contribution is -0.114. The van der Waals surface area contributed by atoms with Gasteiger partial charge in [-0.3, -0.25) is 9.59 Å². The van der Waals surface area contributed by atoms with Crippen molar-refractivity contribution in [3.63, 3.8) is 0 Å². The monoisotopic (exact) mass is 306 g/mol. The van der Waals surface area contributed by atoms with Crippen LogP contribution in [0.1, 0.15) is 12.5 Å². The highest BCUT2D eigenvalue weighted by Crippen LogP contribution is 2.13. The van der Waals surface area contributed by atoms with Crippen LogP contribution >= 0.6 is 0 Å². The van der Waals surface area contributed by atoms with E-state index in [1.807, 2.05) is 42.5 Å². The van der Waals surface area contributed by atoms with Gasteiger partial charge in [0.15, 0.2) is 0 Å². The van der Waals surface area contributed by atoms with E-state index < -0.39 is 0 Å². The van der Waals surface area contributed by atoms with E-state index in [0.717, 1.165) is 5.56 Å². The summed E-state index contributed by atoms with van der Waals surface area (Å²) in [7, 11) is 0. The van der Waals surface area contributed by atoms with E-state index in [2.05, 4.69) is 10.6 Å². The van der Waals surface area contributed by atoms with E-state index in [1.165, 1.54) is 13.0 Å². The fourth-order valence-corrected chi connectivity index (χ4v) is 1.90. The summed E-state index contributed by atoms with van der Waals surface area (Å²) in [5.41, 5.74) is 2.43. The Bertz CT molecular complexity index is 717. The Kier molecular flexibility index (Phi) is 5.89. The van der Waals surface area contributed by atoms with E-state index in [9.17, 15) is 9.59 Å². The van der Waals surface area contributed by atoms with Gasteiger partial charge in [0, 0.05) is 24.4 Å². The van der Waals surface area contributed by atoms with Gasteiger partial charge in [-0.05, 0) is 29.8 Å². The van der Waals surface area contributed by atoms with Crippen LogP contribution in [0.15, 0.2) is 72.8 Å². The molecule has 0 saturated heterocycles. The van der Waals surface area contributed by atoms with Crippen molar-refractivity contribution in [2.45, 2.75) is 6.92 Å². The van der Waals surface area contributed by atoms with E-state index in [1.54, 1.807) is 30.3 Å². The van der Waals surface area contributed by atoms with Gasteiger partial charge in [0.1, 0.15) is 0 Å². The maximum Gasteiger partial charge on any atom is 0.248 e. The average molecular weight is 306 g/mol. The smallest absolute Gasteiger partial charge is 0.248 e. The zero-order valence-corrected chi connectivity index (χ0v) is 12.8. The number of benzene rings is 2. The summed E-state index contributed by atoms with van der Waals surface area (Å²) in [4.78, 5) is 22.7. The van der Waals surface area contributed by atoms with Gasteiger partial charge in [0.05, 0.1) is 0 Å². The third-order valence-corrected chi connectivity index (χ3v) is 2.92. The van der Waals surface area contributed by atoms with Crippen LogP contribution in [0.4, 0.5) is 11.4 Å². The maximum absolute atomic E-state index is 11.8. The predicted octanol–water partition coefficient (Wildman–Crippen LogP) is 3.85. The number of rotatable bonds is 5. The van der Waals surface area contributed by atoms with Gasteiger partial charge in [0.2, 0.25) is 11.8 Å². The molecule has 0 heterocycles. The Morgan fingerprint density at radius 2 is 1.43 bits per heavy atom. The topological polar surface area (TPSA) is 58.2 Å². The quantitative estimate of drug-likeness (QED) is 0.651. The summed E-state index contributed by atoms with van der Waals surface area (Å²) in [6.07, 6.45) is 6.88. The highest BCUT2D eigenvalue weighted by atomic mass is 16.2. The largest absolute Gasteiger partial charge is 0.326 e. The molecule has 0 bridgehead atoms. The second-order valence-corrected chi connectivity index (χ2v) is 4.88. The molecule has 23 heavy (non-hydrogen) atoms. The van der Waals surface area contributed by atoms with Crippen molar-refractivity contribution in [2.75, 3.05) is 10.6 Å². The van der Waals surface area contributed by atoms with Crippen LogP contribution in [0.25, 0.3) is 6.08 Å². The molecule has 0 aliphatic heterocycles. The third kappa shape index (κ3) is 6.01. The summed E-state index contributed by atoms with van der Waals surface area (Å²) >= 11 is 0. The maximum atomic E-state index is 11.8. The van der Waals surface area contributed by atoms with Crippen molar-refractivity contribution in [3.8, 4) is 0 Å². The van der Waals surface area contributed by atoms with E-state index in [-0.39, 0.29) is 11.8 Å². The lowest BCUT2D eigenvalue weighted by Crippen LogP contribution is -2.08. The van der Waals surface area contributed by atoms with Gasteiger partial charge in [-0.2, -0.15) is 0 Å². The fraction of sp³-hybridized carbons (Fsp3) is 0.0526. The molecule has 0 aromatic heterocycles. The molecule has 0 radical (unpaired) electrons. The summed E-state index contributed by atoms with van der Waals surface area (Å²) in [6, 6.07) is 16.8. The van der Waals surface area contributed by atoms with Crippen LogP contribution in [-0.4, -0.2) is 11.8 Å². The van der Waals surface area contributed by atoms with Crippen molar-refractivity contribution in [1.29, 1.82) is 0 Å². The van der Waals surface area contributed by atoms with Crippen LogP contribution in [0.2, 0.25) is 0 Å². The predicted molar refractivity (Wildman–Crippen MR) is 94.0 cm³/mol. The number of nitrogens with one attached hydrogen (secondary N) is 2. The lowest BCUT2D eigenvalue weighted by atomic mass is 10.2. The SMILES string of the molecule is CC(=O)Nc1ccc(NC(=O)/C=C/C=C/c2ccccc2)cc1. The van der Waals surface area contributed by atoms with Gasteiger partial charge in [0.25, 0.3) is 0 Å². The number of anilines is 2. The average Bonchev–Trinajstić information content (AvgIpc) is 2.54. The minimum absolute atomic E-state index is 0.130. The van der Waals surface area contributed by atoms with Crippen molar-refractivity contribution in [2.24, 2.45) is 0 Å². The molecule has 0 aliphatic rings. The van der Waals surface area contributed by atoms with E-state index in [4.69, 9.17) is 0 Å². The molecule has 0 unspecified atom stereocenters. The van der Waals surface area contributed by atoms with Gasteiger partial charge in [-0.25, -0.2) is 0 Å². The van der Waals surface area contributed by atoms with Crippen LogP contribution in [0.5, 0.6) is 0 Å². The molecule has 2 aromatic carbocycles. The minimum Gasteiger partial charge on any atom is -0.326 e.